The second kappa shape index (κ2) is 9.02. The number of ether oxygens (including phenoxy) is 2. The van der Waals surface area contributed by atoms with E-state index < -0.39 is 23.2 Å². The van der Waals surface area contributed by atoms with Gasteiger partial charge in [-0.05, 0) is 46.5 Å². The van der Waals surface area contributed by atoms with Crippen molar-refractivity contribution in [1.82, 2.24) is 5.32 Å². The molecule has 0 aromatic carbocycles. The number of carbonyl (C=O) groups excluding carboxylic acids is 2. The van der Waals surface area contributed by atoms with Gasteiger partial charge < -0.3 is 20.5 Å². The van der Waals surface area contributed by atoms with E-state index >= 15 is 0 Å². The summed E-state index contributed by atoms with van der Waals surface area (Å²) in [5, 5.41) is 2.81. The monoisotopic (exact) mass is 364 g/mol. The molecule has 1 heterocycles. The Balaban J connectivity index is 0.00000529. The Kier molecular flexibility index (Phi) is 8.70. The van der Waals surface area contributed by atoms with Gasteiger partial charge in [-0.3, -0.25) is 4.79 Å². The van der Waals surface area contributed by atoms with Crippen LogP contribution in [-0.4, -0.2) is 41.8 Å². The van der Waals surface area contributed by atoms with Gasteiger partial charge in [0.2, 0.25) is 5.91 Å². The Morgan fingerprint density at radius 1 is 1.25 bits per heavy atom. The number of esters is 1. The van der Waals surface area contributed by atoms with Gasteiger partial charge in [-0.1, -0.05) is 13.8 Å². The maximum absolute atomic E-state index is 12.7. The van der Waals surface area contributed by atoms with Gasteiger partial charge >= 0.3 is 5.97 Å². The summed E-state index contributed by atoms with van der Waals surface area (Å²) in [6.07, 6.45) is 1.16. The fourth-order valence-corrected chi connectivity index (χ4v) is 2.90. The van der Waals surface area contributed by atoms with Crippen molar-refractivity contribution in [3.05, 3.63) is 0 Å². The van der Waals surface area contributed by atoms with Crippen LogP contribution in [0.3, 0.4) is 0 Å². The topological polar surface area (TPSA) is 90.7 Å². The van der Waals surface area contributed by atoms with E-state index in [0.29, 0.717) is 25.9 Å². The Hall–Kier alpha value is -0.850. The van der Waals surface area contributed by atoms with Crippen molar-refractivity contribution in [2.45, 2.75) is 84.1 Å². The average Bonchev–Trinajstić information content (AvgIpc) is 2.34. The summed E-state index contributed by atoms with van der Waals surface area (Å²) in [5.41, 5.74) is 4.85. The van der Waals surface area contributed by atoms with Gasteiger partial charge in [-0.25, -0.2) is 4.79 Å². The summed E-state index contributed by atoms with van der Waals surface area (Å²) in [4.78, 5) is 24.9. The molecule has 1 rings (SSSR count). The zero-order valence-corrected chi connectivity index (χ0v) is 16.5. The Morgan fingerprint density at radius 2 is 1.83 bits per heavy atom. The molecule has 6 nitrogen and oxygen atoms in total. The summed E-state index contributed by atoms with van der Waals surface area (Å²) < 4.78 is 10.9. The van der Waals surface area contributed by atoms with E-state index in [1.807, 2.05) is 27.7 Å². The molecule has 1 fully saturated rings. The van der Waals surface area contributed by atoms with Crippen LogP contribution in [0.5, 0.6) is 0 Å². The highest BCUT2D eigenvalue weighted by atomic mass is 35.5. The maximum atomic E-state index is 12.7. The molecule has 0 spiro atoms. The Labute approximate surface area is 151 Å². The highest BCUT2D eigenvalue weighted by Gasteiger charge is 2.44. The molecule has 2 atom stereocenters. The van der Waals surface area contributed by atoms with E-state index in [4.69, 9.17) is 15.2 Å². The fraction of sp³-hybridized carbons (Fsp3) is 0.882. The second-order valence-corrected chi connectivity index (χ2v) is 7.83. The third-order valence-corrected chi connectivity index (χ3v) is 3.88. The number of halogens is 1. The molecule has 24 heavy (non-hydrogen) atoms. The van der Waals surface area contributed by atoms with Crippen molar-refractivity contribution in [1.29, 1.82) is 0 Å². The lowest BCUT2D eigenvalue weighted by Crippen LogP contribution is -2.63. The number of amides is 1. The second-order valence-electron chi connectivity index (χ2n) is 7.83. The van der Waals surface area contributed by atoms with E-state index in [-0.39, 0.29) is 30.3 Å². The molecule has 1 unspecified atom stereocenters. The van der Waals surface area contributed by atoms with Crippen LogP contribution < -0.4 is 11.1 Å². The largest absolute Gasteiger partial charge is 0.461 e. The molecular formula is C17H33ClN2O4. The van der Waals surface area contributed by atoms with E-state index in [1.54, 1.807) is 13.8 Å². The number of rotatable bonds is 6. The van der Waals surface area contributed by atoms with Crippen LogP contribution in [0.2, 0.25) is 0 Å². The van der Waals surface area contributed by atoms with Gasteiger partial charge in [0.05, 0.1) is 11.7 Å². The quantitative estimate of drug-likeness (QED) is 0.705. The number of nitrogens with two attached hydrogens (primary N) is 1. The van der Waals surface area contributed by atoms with Crippen molar-refractivity contribution >= 4 is 24.3 Å². The molecule has 0 aliphatic carbocycles. The van der Waals surface area contributed by atoms with Crippen molar-refractivity contribution in [3.8, 4) is 0 Å². The van der Waals surface area contributed by atoms with Gasteiger partial charge in [-0.2, -0.15) is 0 Å². The van der Waals surface area contributed by atoms with E-state index in [2.05, 4.69) is 5.32 Å². The number of hydrogen-bond donors (Lipinski definition) is 2. The maximum Gasteiger partial charge on any atom is 0.328 e. The van der Waals surface area contributed by atoms with Crippen LogP contribution in [-0.2, 0) is 19.1 Å². The van der Waals surface area contributed by atoms with Crippen LogP contribution in [0.15, 0.2) is 0 Å². The summed E-state index contributed by atoms with van der Waals surface area (Å²) in [6, 6.07) is -0.670. The summed E-state index contributed by atoms with van der Waals surface area (Å²) in [5.74, 6) is -0.461. The molecule has 1 amide bonds. The molecule has 0 bridgehead atoms. The van der Waals surface area contributed by atoms with Gasteiger partial charge in [-0.15, -0.1) is 12.4 Å². The molecule has 0 aromatic rings. The molecule has 1 aliphatic heterocycles. The average molecular weight is 365 g/mol. The Bertz CT molecular complexity index is 440. The minimum atomic E-state index is -1.02. The van der Waals surface area contributed by atoms with Crippen molar-refractivity contribution < 1.29 is 19.1 Å². The molecule has 0 saturated carbocycles. The molecule has 142 valence electrons. The first-order chi connectivity index (χ1) is 10.4. The lowest BCUT2D eigenvalue weighted by molar-refractivity contribution is -0.153. The molecule has 0 aromatic heterocycles. The van der Waals surface area contributed by atoms with Crippen LogP contribution in [0, 0.1) is 5.92 Å². The highest BCUT2D eigenvalue weighted by molar-refractivity contribution is 5.90. The first-order valence-electron chi connectivity index (χ1n) is 8.39. The highest BCUT2D eigenvalue weighted by Crippen LogP contribution is 2.30. The number of carbonyl (C=O) groups is 2. The molecule has 1 aliphatic rings. The van der Waals surface area contributed by atoms with E-state index in [9.17, 15) is 9.59 Å². The van der Waals surface area contributed by atoms with Gasteiger partial charge in [0.15, 0.2) is 0 Å². The smallest absolute Gasteiger partial charge is 0.328 e. The standard InChI is InChI=1S/C17H32N2O4.ClH/c1-11(2)9-13(14(20)23-12(3)4)19-15(21)17(18)7-8-22-16(5,6)10-17;/h11-13H,7-10,18H2,1-6H3,(H,19,21);1H/t13-,17?;/m0./s1. The predicted octanol–water partition coefficient (Wildman–Crippen LogP) is 2.18. The summed E-state index contributed by atoms with van der Waals surface area (Å²) in [7, 11) is 0. The first kappa shape index (κ1) is 23.1. The molecular weight excluding hydrogens is 332 g/mol. The Morgan fingerprint density at radius 3 is 2.29 bits per heavy atom. The molecule has 7 heteroatoms. The first-order valence-corrected chi connectivity index (χ1v) is 8.39. The normalized spacial score (nSPS) is 24.2. The predicted molar refractivity (Wildman–Crippen MR) is 96.0 cm³/mol. The fourth-order valence-electron chi connectivity index (χ4n) is 2.90. The van der Waals surface area contributed by atoms with Gasteiger partial charge in [0.25, 0.3) is 0 Å². The lowest BCUT2D eigenvalue weighted by atomic mass is 9.81. The minimum absolute atomic E-state index is 0. The van der Waals surface area contributed by atoms with E-state index in [0.717, 1.165) is 0 Å². The SMILES string of the molecule is CC(C)C[C@H](NC(=O)C1(N)CCOC(C)(C)C1)C(=O)OC(C)C.Cl. The van der Waals surface area contributed by atoms with Crippen molar-refractivity contribution in [3.63, 3.8) is 0 Å². The van der Waals surface area contributed by atoms with Crippen molar-refractivity contribution in [2.75, 3.05) is 6.61 Å². The molecule has 1 saturated heterocycles. The number of hydrogen-bond acceptors (Lipinski definition) is 5. The molecule has 3 N–H and O–H groups in total. The minimum Gasteiger partial charge on any atom is -0.461 e. The van der Waals surface area contributed by atoms with Gasteiger partial charge in [0.1, 0.15) is 11.6 Å². The lowest BCUT2D eigenvalue weighted by Gasteiger charge is -2.41. The summed E-state index contributed by atoms with van der Waals surface area (Å²) >= 11 is 0. The van der Waals surface area contributed by atoms with Crippen molar-refractivity contribution in [2.24, 2.45) is 11.7 Å². The summed E-state index contributed by atoms with van der Waals surface area (Å²) in [6.45, 7) is 11.8. The number of nitrogens with one attached hydrogen (secondary N) is 1. The van der Waals surface area contributed by atoms with Crippen LogP contribution in [0.1, 0.15) is 60.8 Å². The van der Waals surface area contributed by atoms with Gasteiger partial charge in [0, 0.05) is 13.0 Å². The van der Waals surface area contributed by atoms with Crippen LogP contribution in [0.4, 0.5) is 0 Å². The zero-order chi connectivity index (χ0) is 17.8. The van der Waals surface area contributed by atoms with E-state index in [1.165, 1.54) is 0 Å². The van der Waals surface area contributed by atoms with Crippen LogP contribution in [0.25, 0.3) is 0 Å². The molecule has 0 radical (unpaired) electrons. The zero-order valence-electron chi connectivity index (χ0n) is 15.7. The third kappa shape index (κ3) is 6.95. The third-order valence-electron chi connectivity index (χ3n) is 3.88. The van der Waals surface area contributed by atoms with Crippen LogP contribution >= 0.6 is 12.4 Å².